The lowest BCUT2D eigenvalue weighted by molar-refractivity contribution is -0.151. The number of amides is 2. The molecule has 0 bridgehead atoms. The summed E-state index contributed by atoms with van der Waals surface area (Å²) in [6.07, 6.45) is -0.972. The first-order chi connectivity index (χ1) is 17.7. The molecule has 37 heavy (non-hydrogen) atoms. The predicted octanol–water partition coefficient (Wildman–Crippen LogP) is 4.29. The van der Waals surface area contributed by atoms with Gasteiger partial charge in [-0.2, -0.15) is 0 Å². The van der Waals surface area contributed by atoms with Gasteiger partial charge < -0.3 is 25.2 Å². The zero-order chi connectivity index (χ0) is 26.3. The van der Waals surface area contributed by atoms with Gasteiger partial charge in [-0.1, -0.05) is 42.5 Å². The molecule has 8 nitrogen and oxygen atoms in total. The van der Waals surface area contributed by atoms with E-state index >= 15 is 0 Å². The van der Waals surface area contributed by atoms with Crippen molar-refractivity contribution in [1.82, 2.24) is 4.90 Å². The molecule has 1 aliphatic heterocycles. The Morgan fingerprint density at radius 3 is 2.41 bits per heavy atom. The van der Waals surface area contributed by atoms with Crippen molar-refractivity contribution in [3.8, 4) is 16.9 Å². The van der Waals surface area contributed by atoms with Gasteiger partial charge in [0.05, 0.1) is 0 Å². The molecular formula is C29H28N2O6. The van der Waals surface area contributed by atoms with Crippen LogP contribution in [0.15, 0.2) is 66.7 Å². The van der Waals surface area contributed by atoms with Crippen LogP contribution in [0.2, 0.25) is 0 Å². The zero-order valence-corrected chi connectivity index (χ0v) is 20.5. The van der Waals surface area contributed by atoms with Crippen LogP contribution in [-0.4, -0.2) is 51.6 Å². The maximum Gasteiger partial charge on any atom is 0.332 e. The van der Waals surface area contributed by atoms with Crippen LogP contribution in [0.1, 0.15) is 49.0 Å². The second kappa shape index (κ2) is 9.71. The number of nitrogens with zero attached hydrogens (tertiary/aromatic N) is 1. The number of aromatic hydroxyl groups is 1. The van der Waals surface area contributed by atoms with Crippen molar-refractivity contribution in [2.24, 2.45) is 0 Å². The van der Waals surface area contributed by atoms with Crippen molar-refractivity contribution in [3.63, 3.8) is 0 Å². The van der Waals surface area contributed by atoms with Crippen molar-refractivity contribution in [2.45, 2.75) is 44.4 Å². The number of carboxylic acid groups (broad SMARTS) is 1. The highest BCUT2D eigenvalue weighted by Crippen LogP contribution is 2.46. The van der Waals surface area contributed by atoms with Crippen LogP contribution in [0.3, 0.4) is 0 Å². The van der Waals surface area contributed by atoms with E-state index in [0.717, 1.165) is 27.8 Å². The molecule has 0 spiro atoms. The topological polar surface area (TPSA) is 116 Å². The maximum atomic E-state index is 13.6. The van der Waals surface area contributed by atoms with Crippen LogP contribution in [-0.2, 0) is 19.1 Å². The molecule has 2 amide bonds. The molecule has 8 heteroatoms. The molecule has 1 heterocycles. The smallest absolute Gasteiger partial charge is 0.332 e. The number of phenolic OH excluding ortho intramolecular Hbond substituents is 1. The van der Waals surface area contributed by atoms with Gasteiger partial charge in [-0.05, 0) is 65.4 Å². The predicted molar refractivity (Wildman–Crippen MR) is 137 cm³/mol. The van der Waals surface area contributed by atoms with Gasteiger partial charge in [-0.25, -0.2) is 4.79 Å². The monoisotopic (exact) mass is 500 g/mol. The first-order valence-electron chi connectivity index (χ1n) is 12.2. The Hall–Kier alpha value is -4.17. The van der Waals surface area contributed by atoms with E-state index in [2.05, 4.69) is 5.32 Å². The van der Waals surface area contributed by atoms with Crippen LogP contribution in [0.5, 0.6) is 5.75 Å². The Morgan fingerprint density at radius 1 is 1.00 bits per heavy atom. The molecular weight excluding hydrogens is 472 g/mol. The second-order valence-electron chi connectivity index (χ2n) is 9.52. The van der Waals surface area contributed by atoms with E-state index in [1.54, 1.807) is 35.2 Å². The number of anilines is 1. The van der Waals surface area contributed by atoms with E-state index < -0.39 is 24.2 Å². The molecule has 1 saturated heterocycles. The quantitative estimate of drug-likeness (QED) is 0.465. The molecule has 1 fully saturated rings. The third kappa shape index (κ3) is 4.56. The molecule has 2 aliphatic rings. The lowest BCUT2D eigenvalue weighted by Crippen LogP contribution is -2.44. The first kappa shape index (κ1) is 24.5. The SMILES string of the molecule is CC(=O)N1CCC(c2ccc(O)cc2)[C@H]1C(=O)Nc1ccc2c(c1)C(OC(C)C(=O)O)c1ccccc1-2. The number of rotatable bonds is 6. The number of carbonyl (C=O) groups excluding carboxylic acids is 2. The summed E-state index contributed by atoms with van der Waals surface area (Å²) in [5.74, 6) is -1.62. The van der Waals surface area contributed by atoms with Crippen LogP contribution in [0.4, 0.5) is 5.69 Å². The number of benzene rings is 3. The number of carboxylic acids is 1. The Labute approximate surface area is 214 Å². The van der Waals surface area contributed by atoms with E-state index in [0.29, 0.717) is 18.7 Å². The third-order valence-electron chi connectivity index (χ3n) is 7.22. The lowest BCUT2D eigenvalue weighted by Gasteiger charge is -2.27. The second-order valence-corrected chi connectivity index (χ2v) is 9.52. The number of fused-ring (bicyclic) bond motifs is 3. The molecule has 3 aromatic carbocycles. The third-order valence-corrected chi connectivity index (χ3v) is 7.22. The van der Waals surface area contributed by atoms with Gasteiger partial charge in [0.25, 0.3) is 0 Å². The molecule has 0 saturated carbocycles. The highest BCUT2D eigenvalue weighted by molar-refractivity contribution is 5.98. The molecule has 190 valence electrons. The molecule has 0 aromatic heterocycles. The fourth-order valence-electron chi connectivity index (χ4n) is 5.41. The van der Waals surface area contributed by atoms with Gasteiger partial charge in [0.15, 0.2) is 6.10 Å². The van der Waals surface area contributed by atoms with E-state index in [1.807, 2.05) is 36.4 Å². The maximum absolute atomic E-state index is 13.6. The highest BCUT2D eigenvalue weighted by Gasteiger charge is 2.41. The molecule has 5 rings (SSSR count). The van der Waals surface area contributed by atoms with Crippen molar-refractivity contribution in [3.05, 3.63) is 83.4 Å². The summed E-state index contributed by atoms with van der Waals surface area (Å²) in [6, 6.07) is 19.2. The number of ether oxygens (including phenoxy) is 1. The number of nitrogens with one attached hydrogen (secondary N) is 1. The largest absolute Gasteiger partial charge is 0.508 e. The number of aliphatic carboxylic acids is 1. The van der Waals surface area contributed by atoms with Gasteiger partial charge in [-0.15, -0.1) is 0 Å². The van der Waals surface area contributed by atoms with Gasteiger partial charge in [0, 0.05) is 25.1 Å². The molecule has 3 unspecified atom stereocenters. The number of phenols is 1. The van der Waals surface area contributed by atoms with Crippen molar-refractivity contribution in [1.29, 1.82) is 0 Å². The molecule has 1 aliphatic carbocycles. The van der Waals surface area contributed by atoms with Crippen LogP contribution < -0.4 is 5.32 Å². The van der Waals surface area contributed by atoms with Crippen molar-refractivity contribution < 1.29 is 29.3 Å². The summed E-state index contributed by atoms with van der Waals surface area (Å²) in [7, 11) is 0. The van der Waals surface area contributed by atoms with Gasteiger partial charge in [-0.3, -0.25) is 9.59 Å². The number of hydrogen-bond donors (Lipinski definition) is 3. The minimum absolute atomic E-state index is 0.138. The minimum atomic E-state index is -1.05. The molecule has 0 radical (unpaired) electrons. The van der Waals surface area contributed by atoms with E-state index in [9.17, 15) is 24.6 Å². The Morgan fingerprint density at radius 2 is 1.70 bits per heavy atom. The average molecular weight is 501 g/mol. The highest BCUT2D eigenvalue weighted by atomic mass is 16.5. The number of likely N-dealkylation sites (tertiary alicyclic amines) is 1. The van der Waals surface area contributed by atoms with E-state index in [1.165, 1.54) is 13.8 Å². The summed E-state index contributed by atoms with van der Waals surface area (Å²) in [4.78, 5) is 39.0. The lowest BCUT2D eigenvalue weighted by atomic mass is 9.91. The minimum Gasteiger partial charge on any atom is -0.508 e. The van der Waals surface area contributed by atoms with Gasteiger partial charge in [0.1, 0.15) is 17.9 Å². The normalized spacial score (nSPS) is 20.7. The van der Waals surface area contributed by atoms with Crippen LogP contribution in [0, 0.1) is 0 Å². The Bertz CT molecular complexity index is 1370. The summed E-state index contributed by atoms with van der Waals surface area (Å²) in [6.45, 7) is 3.41. The summed E-state index contributed by atoms with van der Waals surface area (Å²) in [5, 5.41) is 22.1. The Kier molecular flexibility index (Phi) is 6.43. The summed E-state index contributed by atoms with van der Waals surface area (Å²) in [5.41, 5.74) is 4.94. The summed E-state index contributed by atoms with van der Waals surface area (Å²) >= 11 is 0. The van der Waals surface area contributed by atoms with E-state index in [4.69, 9.17) is 4.74 Å². The number of hydrogen-bond acceptors (Lipinski definition) is 5. The van der Waals surface area contributed by atoms with Gasteiger partial charge >= 0.3 is 5.97 Å². The molecule has 3 aromatic rings. The van der Waals surface area contributed by atoms with Gasteiger partial charge in [0.2, 0.25) is 11.8 Å². The van der Waals surface area contributed by atoms with E-state index in [-0.39, 0.29) is 23.5 Å². The standard InChI is InChI=1S/C29H28N2O6/c1-16(29(35)36)37-27-24-6-4-3-5-22(24)23-12-9-19(15-25(23)27)30-28(34)26-21(13-14-31(26)17(2)32)18-7-10-20(33)11-8-18/h3-12,15-16,21,26-27,33H,13-14H2,1-2H3,(H,30,34)(H,35,36)/t16?,21?,26-,27?/m0/s1. The molecule has 3 N–H and O–H groups in total. The van der Waals surface area contributed by atoms with Crippen molar-refractivity contribution in [2.75, 3.05) is 11.9 Å². The fourth-order valence-corrected chi connectivity index (χ4v) is 5.41. The number of carbonyl (C=O) groups is 3. The first-order valence-corrected chi connectivity index (χ1v) is 12.2. The fraction of sp³-hybridized carbons (Fsp3) is 0.276. The summed E-state index contributed by atoms with van der Waals surface area (Å²) < 4.78 is 5.93. The zero-order valence-electron chi connectivity index (χ0n) is 20.5. The van der Waals surface area contributed by atoms with Crippen LogP contribution in [0.25, 0.3) is 11.1 Å². The van der Waals surface area contributed by atoms with Crippen molar-refractivity contribution >= 4 is 23.5 Å². The van der Waals surface area contributed by atoms with Crippen LogP contribution >= 0.6 is 0 Å². The molecule has 4 atom stereocenters. The average Bonchev–Trinajstić information content (AvgIpc) is 3.45. The Balaban J connectivity index is 1.45.